The third-order valence-electron chi connectivity index (χ3n) is 8.93. The molecule has 1 spiro atoms. The topological polar surface area (TPSA) is 110 Å². The number of hydrogen-bond donors (Lipinski definition) is 1. The molecule has 1 fully saturated rings. The first-order valence-corrected chi connectivity index (χ1v) is 14.2. The van der Waals surface area contributed by atoms with Gasteiger partial charge in [0, 0.05) is 45.2 Å². The second-order valence-corrected chi connectivity index (χ2v) is 11.5. The molecule has 0 aromatic heterocycles. The average Bonchev–Trinajstić information content (AvgIpc) is 3.49. The second-order valence-electron chi connectivity index (χ2n) is 11.0. The van der Waals surface area contributed by atoms with E-state index in [0.717, 1.165) is 16.8 Å². The minimum absolute atomic E-state index is 0.155. The number of non-ortho nitro benzene ring substituents is 1. The van der Waals surface area contributed by atoms with Crippen LogP contribution in [-0.2, 0) is 10.2 Å². The number of Topliss-reactive ketones (excluding diaryl/α,β-unsaturated/α-hetero) is 2. The van der Waals surface area contributed by atoms with Crippen LogP contribution in [0, 0.1) is 16.0 Å². The largest absolute Gasteiger partial charge is 0.352 e. The van der Waals surface area contributed by atoms with Crippen molar-refractivity contribution < 1.29 is 19.3 Å². The van der Waals surface area contributed by atoms with E-state index in [4.69, 9.17) is 11.6 Å². The fourth-order valence-corrected chi connectivity index (χ4v) is 7.23. The van der Waals surface area contributed by atoms with Crippen molar-refractivity contribution in [2.45, 2.75) is 24.4 Å². The number of nitrogens with zero attached hydrogens (tertiary/aromatic N) is 2. The van der Waals surface area contributed by atoms with E-state index >= 15 is 0 Å². The van der Waals surface area contributed by atoms with Gasteiger partial charge in [0.15, 0.2) is 11.6 Å². The molecule has 3 aliphatic rings. The van der Waals surface area contributed by atoms with E-state index in [1.165, 1.54) is 24.3 Å². The zero-order valence-electron chi connectivity index (χ0n) is 22.9. The van der Waals surface area contributed by atoms with Crippen molar-refractivity contribution in [1.29, 1.82) is 0 Å². The van der Waals surface area contributed by atoms with E-state index in [-0.39, 0.29) is 22.9 Å². The molecule has 7 rings (SSSR count). The maximum Gasteiger partial charge on any atom is 0.269 e. The van der Waals surface area contributed by atoms with Crippen LogP contribution in [0.4, 0.5) is 17.1 Å². The highest BCUT2D eigenvalue weighted by molar-refractivity contribution is 6.30. The molecule has 0 unspecified atom stereocenters. The first-order valence-electron chi connectivity index (χ1n) is 13.8. The number of ketones is 2. The molecule has 4 atom stereocenters. The Balaban J connectivity index is 1.53. The fourth-order valence-electron chi connectivity index (χ4n) is 7.10. The van der Waals surface area contributed by atoms with Crippen LogP contribution in [0.2, 0.25) is 5.02 Å². The number of anilines is 2. The summed E-state index contributed by atoms with van der Waals surface area (Å²) in [5, 5.41) is 14.8. The minimum atomic E-state index is -1.46. The third-order valence-corrected chi connectivity index (χ3v) is 9.18. The smallest absolute Gasteiger partial charge is 0.269 e. The standard InChI is InChI=1S/C34H24ClN3O5/c1-19-18-28-34(25-7-3-4-8-26(25)36-33(34)41)29(31(39)20-10-14-22(35)15-11-20)30(37(28)27-9-5-2-6-24(19)27)32(40)21-12-16-23(17-13-21)38(42)43/h2-18,28-30H,1H3,(H,36,41)/t28-,29+,30-,34-/m1/s1. The van der Waals surface area contributed by atoms with Crippen molar-refractivity contribution in [2.75, 3.05) is 10.2 Å². The summed E-state index contributed by atoms with van der Waals surface area (Å²) in [6.07, 6.45) is 1.98. The van der Waals surface area contributed by atoms with Gasteiger partial charge in [-0.2, -0.15) is 0 Å². The van der Waals surface area contributed by atoms with Gasteiger partial charge in [-0.15, -0.1) is 0 Å². The van der Waals surface area contributed by atoms with Gasteiger partial charge in [0.2, 0.25) is 5.91 Å². The summed E-state index contributed by atoms with van der Waals surface area (Å²) in [6, 6.07) is 24.9. The number of nitro groups is 1. The maximum absolute atomic E-state index is 14.8. The van der Waals surface area contributed by atoms with Crippen LogP contribution in [0.3, 0.4) is 0 Å². The van der Waals surface area contributed by atoms with Crippen molar-refractivity contribution in [3.63, 3.8) is 0 Å². The molecule has 0 aliphatic carbocycles. The molecule has 0 bridgehead atoms. The van der Waals surface area contributed by atoms with Crippen molar-refractivity contribution in [2.24, 2.45) is 5.92 Å². The van der Waals surface area contributed by atoms with Crippen molar-refractivity contribution >= 4 is 51.7 Å². The van der Waals surface area contributed by atoms with Crippen LogP contribution >= 0.6 is 11.6 Å². The molecular formula is C34H24ClN3O5. The number of nitrogens with one attached hydrogen (secondary N) is 1. The third kappa shape index (κ3) is 3.79. The van der Waals surface area contributed by atoms with Crippen LogP contribution < -0.4 is 10.2 Å². The molecule has 0 saturated carbocycles. The molecule has 1 amide bonds. The van der Waals surface area contributed by atoms with Gasteiger partial charge in [-0.3, -0.25) is 24.5 Å². The Bertz CT molecular complexity index is 1880. The van der Waals surface area contributed by atoms with Gasteiger partial charge in [-0.25, -0.2) is 0 Å². The van der Waals surface area contributed by atoms with E-state index in [9.17, 15) is 24.5 Å². The Kier molecular flexibility index (Phi) is 6.07. The number of hydrogen-bond acceptors (Lipinski definition) is 6. The number of benzene rings is 4. The van der Waals surface area contributed by atoms with Gasteiger partial charge in [0.25, 0.3) is 5.69 Å². The number of amides is 1. The molecule has 0 radical (unpaired) electrons. The van der Waals surface area contributed by atoms with E-state index in [0.29, 0.717) is 21.8 Å². The fraction of sp³-hybridized carbons (Fsp3) is 0.147. The lowest BCUT2D eigenvalue weighted by Crippen LogP contribution is -2.51. The Morgan fingerprint density at radius 1 is 0.884 bits per heavy atom. The number of carbonyl (C=O) groups is 3. The summed E-state index contributed by atoms with van der Waals surface area (Å²) in [4.78, 5) is 56.6. The minimum Gasteiger partial charge on any atom is -0.352 e. The number of halogens is 1. The lowest BCUT2D eigenvalue weighted by Gasteiger charge is -2.39. The molecule has 43 heavy (non-hydrogen) atoms. The van der Waals surface area contributed by atoms with E-state index < -0.39 is 34.1 Å². The van der Waals surface area contributed by atoms with Gasteiger partial charge < -0.3 is 10.2 Å². The Labute approximate surface area is 251 Å². The Hall–Kier alpha value is -5.08. The second kappa shape index (κ2) is 9.74. The van der Waals surface area contributed by atoms with Crippen LogP contribution in [0.1, 0.15) is 38.8 Å². The van der Waals surface area contributed by atoms with Crippen LogP contribution in [0.25, 0.3) is 5.57 Å². The molecule has 1 N–H and O–H groups in total. The van der Waals surface area contributed by atoms with E-state index in [1.807, 2.05) is 60.4 Å². The first kappa shape index (κ1) is 26.8. The molecule has 4 aromatic carbocycles. The lowest BCUT2D eigenvalue weighted by atomic mass is 9.64. The van der Waals surface area contributed by atoms with Crippen LogP contribution in [0.15, 0.2) is 103 Å². The molecule has 3 aliphatic heterocycles. The average molecular weight is 590 g/mol. The number of allylic oxidation sites excluding steroid dienone is 1. The molecule has 8 nitrogen and oxygen atoms in total. The number of fused-ring (bicyclic) bond motifs is 6. The van der Waals surface area contributed by atoms with Crippen LogP contribution in [0.5, 0.6) is 0 Å². The number of carbonyl (C=O) groups excluding carboxylic acids is 3. The number of rotatable bonds is 5. The van der Waals surface area contributed by atoms with Crippen molar-refractivity contribution in [1.82, 2.24) is 0 Å². The summed E-state index contributed by atoms with van der Waals surface area (Å²) in [7, 11) is 0. The number of para-hydroxylation sites is 2. The lowest BCUT2D eigenvalue weighted by molar-refractivity contribution is -0.384. The van der Waals surface area contributed by atoms with Gasteiger partial charge in [0.05, 0.1) is 16.9 Å². The van der Waals surface area contributed by atoms with Crippen molar-refractivity contribution in [3.05, 3.63) is 141 Å². The predicted molar refractivity (Wildman–Crippen MR) is 164 cm³/mol. The molecule has 212 valence electrons. The summed E-state index contributed by atoms with van der Waals surface area (Å²) in [5.74, 6) is -2.30. The molecular weight excluding hydrogens is 566 g/mol. The van der Waals surface area contributed by atoms with Gasteiger partial charge >= 0.3 is 0 Å². The monoisotopic (exact) mass is 589 g/mol. The first-order chi connectivity index (χ1) is 20.7. The maximum atomic E-state index is 14.8. The summed E-state index contributed by atoms with van der Waals surface area (Å²) in [6.45, 7) is 1.96. The number of nitro benzene ring substituents is 1. The van der Waals surface area contributed by atoms with Crippen molar-refractivity contribution in [3.8, 4) is 0 Å². The highest BCUT2D eigenvalue weighted by Gasteiger charge is 2.70. The van der Waals surface area contributed by atoms with Gasteiger partial charge in [-0.05, 0) is 66.6 Å². The zero-order chi connectivity index (χ0) is 30.0. The quantitative estimate of drug-likeness (QED) is 0.162. The summed E-state index contributed by atoms with van der Waals surface area (Å²) < 4.78 is 0. The van der Waals surface area contributed by atoms with Crippen LogP contribution in [-0.4, -0.2) is 34.5 Å². The molecule has 9 heteroatoms. The van der Waals surface area contributed by atoms with Gasteiger partial charge in [-0.1, -0.05) is 54.1 Å². The summed E-state index contributed by atoms with van der Waals surface area (Å²) in [5.41, 5.74) is 2.70. The van der Waals surface area contributed by atoms with E-state index in [1.54, 1.807) is 30.3 Å². The Morgan fingerprint density at radius 2 is 1.51 bits per heavy atom. The normalized spacial score (nSPS) is 23.2. The summed E-state index contributed by atoms with van der Waals surface area (Å²) >= 11 is 6.16. The highest BCUT2D eigenvalue weighted by atomic mass is 35.5. The zero-order valence-corrected chi connectivity index (χ0v) is 23.6. The van der Waals surface area contributed by atoms with Gasteiger partial charge in [0.1, 0.15) is 11.5 Å². The molecule has 1 saturated heterocycles. The molecule has 3 heterocycles. The molecule has 4 aromatic rings. The predicted octanol–water partition coefficient (Wildman–Crippen LogP) is 6.49. The van der Waals surface area contributed by atoms with E-state index in [2.05, 4.69) is 5.32 Å². The Morgan fingerprint density at radius 3 is 2.23 bits per heavy atom. The SMILES string of the molecule is CC1=C[C@H]2N(c3ccccc31)[C@@H](C(=O)c1ccc([N+](=O)[O-])cc1)[C@@H](C(=O)c1ccc(Cl)cc1)[C@]21C(=O)Nc2ccccc21. The highest BCUT2D eigenvalue weighted by Crippen LogP contribution is 2.58.